The van der Waals surface area contributed by atoms with Crippen molar-refractivity contribution >= 4 is 41.3 Å². The zero-order valence-electron chi connectivity index (χ0n) is 16.0. The molecule has 0 saturated carbocycles. The van der Waals surface area contributed by atoms with Crippen LogP contribution in [0.25, 0.3) is 0 Å². The summed E-state index contributed by atoms with van der Waals surface area (Å²) < 4.78 is 0. The summed E-state index contributed by atoms with van der Waals surface area (Å²) in [5, 5.41) is 10.9. The van der Waals surface area contributed by atoms with Crippen molar-refractivity contribution in [1.29, 1.82) is 0 Å². The Labute approximate surface area is 179 Å². The molecule has 144 valence electrons. The second kappa shape index (κ2) is 13.1. The summed E-state index contributed by atoms with van der Waals surface area (Å²) in [6.07, 6.45) is 0. The summed E-state index contributed by atoms with van der Waals surface area (Å²) in [6, 6.07) is 11.0. The minimum absolute atomic E-state index is 0. The molecule has 0 aliphatic rings. The number of rotatable bonds is 9. The van der Waals surface area contributed by atoms with E-state index < -0.39 is 0 Å². The monoisotopic (exact) mass is 486 g/mol. The lowest BCUT2D eigenvalue weighted by Gasteiger charge is -2.18. The molecule has 1 aromatic heterocycles. The number of hydrogen-bond acceptors (Lipinski definition) is 3. The molecule has 0 unspecified atom stereocenters. The van der Waals surface area contributed by atoms with Crippen LogP contribution in [-0.4, -0.2) is 30.5 Å². The molecule has 2 N–H and O–H groups in total. The summed E-state index contributed by atoms with van der Waals surface area (Å²) in [4.78, 5) is 7.07. The maximum Gasteiger partial charge on any atom is 0.191 e. The predicted molar refractivity (Wildman–Crippen MR) is 124 cm³/mol. The molecule has 0 aliphatic heterocycles. The molecule has 0 atom stereocenters. The van der Waals surface area contributed by atoms with Gasteiger partial charge in [0.05, 0.1) is 6.54 Å². The number of benzene rings is 1. The van der Waals surface area contributed by atoms with Gasteiger partial charge in [0.2, 0.25) is 0 Å². The average Bonchev–Trinajstić information content (AvgIpc) is 3.16. The summed E-state index contributed by atoms with van der Waals surface area (Å²) in [5.41, 5.74) is 3.89. The number of guanidine groups is 1. The van der Waals surface area contributed by atoms with Crippen LogP contribution in [0.3, 0.4) is 0 Å². The molecule has 2 aromatic rings. The van der Waals surface area contributed by atoms with Crippen molar-refractivity contribution in [2.75, 3.05) is 19.6 Å². The van der Waals surface area contributed by atoms with Crippen LogP contribution in [0.4, 0.5) is 0 Å². The van der Waals surface area contributed by atoms with E-state index in [1.54, 1.807) is 11.3 Å². The Hall–Kier alpha value is -1.12. The normalized spacial score (nSPS) is 11.3. The van der Waals surface area contributed by atoms with Gasteiger partial charge in [-0.3, -0.25) is 4.90 Å². The molecule has 0 fully saturated rings. The predicted octanol–water partition coefficient (Wildman–Crippen LogP) is 4.46. The van der Waals surface area contributed by atoms with Gasteiger partial charge in [-0.1, -0.05) is 38.1 Å². The summed E-state index contributed by atoms with van der Waals surface area (Å²) in [7, 11) is 0. The molecule has 0 saturated heterocycles. The Morgan fingerprint density at radius 3 is 2.23 bits per heavy atom. The number of aliphatic imine (C=N–C) groups is 1. The van der Waals surface area contributed by atoms with Crippen molar-refractivity contribution < 1.29 is 0 Å². The number of halogens is 1. The van der Waals surface area contributed by atoms with Gasteiger partial charge in [-0.05, 0) is 53.5 Å². The van der Waals surface area contributed by atoms with Gasteiger partial charge < -0.3 is 10.6 Å². The van der Waals surface area contributed by atoms with Crippen molar-refractivity contribution in [1.82, 2.24) is 15.5 Å². The molecule has 0 amide bonds. The van der Waals surface area contributed by atoms with E-state index in [0.717, 1.165) is 38.7 Å². The van der Waals surface area contributed by atoms with Crippen LogP contribution >= 0.6 is 35.3 Å². The highest BCUT2D eigenvalue weighted by molar-refractivity contribution is 14.0. The van der Waals surface area contributed by atoms with Gasteiger partial charge in [0.25, 0.3) is 0 Å². The van der Waals surface area contributed by atoms with Crippen molar-refractivity contribution in [2.45, 2.75) is 40.4 Å². The summed E-state index contributed by atoms with van der Waals surface area (Å²) >= 11 is 1.71. The molecule has 1 heterocycles. The fourth-order valence-corrected chi connectivity index (χ4v) is 3.21. The van der Waals surface area contributed by atoms with E-state index >= 15 is 0 Å². The fraction of sp³-hybridized carbons (Fsp3) is 0.450. The maximum absolute atomic E-state index is 4.64. The number of nitrogens with one attached hydrogen (secondary N) is 2. The van der Waals surface area contributed by atoms with Crippen molar-refractivity contribution in [2.24, 2.45) is 4.99 Å². The molecule has 0 aliphatic carbocycles. The Kier molecular flexibility index (Phi) is 11.6. The second-order valence-electron chi connectivity index (χ2n) is 5.96. The van der Waals surface area contributed by atoms with Gasteiger partial charge in [0, 0.05) is 19.6 Å². The van der Waals surface area contributed by atoms with Gasteiger partial charge in [-0.15, -0.1) is 24.0 Å². The van der Waals surface area contributed by atoms with E-state index in [4.69, 9.17) is 0 Å². The maximum atomic E-state index is 4.64. The third kappa shape index (κ3) is 8.05. The smallest absolute Gasteiger partial charge is 0.191 e. The van der Waals surface area contributed by atoms with E-state index in [2.05, 4.69) is 82.4 Å². The first kappa shape index (κ1) is 22.9. The zero-order valence-corrected chi connectivity index (χ0v) is 19.1. The molecule has 6 heteroatoms. The number of nitrogens with zero attached hydrogens (tertiary/aromatic N) is 2. The van der Waals surface area contributed by atoms with Gasteiger partial charge in [-0.2, -0.15) is 11.3 Å². The highest BCUT2D eigenvalue weighted by Crippen LogP contribution is 2.08. The zero-order chi connectivity index (χ0) is 17.9. The van der Waals surface area contributed by atoms with Gasteiger partial charge in [0.15, 0.2) is 5.96 Å². The van der Waals surface area contributed by atoms with Crippen molar-refractivity contribution in [3.8, 4) is 0 Å². The van der Waals surface area contributed by atoms with Crippen LogP contribution in [-0.2, 0) is 19.6 Å². The molecular formula is C20H31IN4S. The van der Waals surface area contributed by atoms with E-state index in [0.29, 0.717) is 6.54 Å². The molecule has 4 nitrogen and oxygen atoms in total. The van der Waals surface area contributed by atoms with Crippen LogP contribution in [0.1, 0.15) is 37.5 Å². The Morgan fingerprint density at radius 1 is 0.962 bits per heavy atom. The number of hydrogen-bond donors (Lipinski definition) is 2. The lowest BCUT2D eigenvalue weighted by atomic mass is 10.1. The van der Waals surface area contributed by atoms with Gasteiger partial charge >= 0.3 is 0 Å². The summed E-state index contributed by atoms with van der Waals surface area (Å²) in [5.74, 6) is 0.862. The minimum atomic E-state index is 0. The highest BCUT2D eigenvalue weighted by atomic mass is 127. The Balaban J connectivity index is 0.00000338. The van der Waals surface area contributed by atoms with Crippen molar-refractivity contribution in [3.63, 3.8) is 0 Å². The van der Waals surface area contributed by atoms with E-state index in [1.165, 1.54) is 16.7 Å². The minimum Gasteiger partial charge on any atom is -0.357 e. The lowest BCUT2D eigenvalue weighted by Crippen LogP contribution is -2.36. The molecule has 26 heavy (non-hydrogen) atoms. The topological polar surface area (TPSA) is 39.7 Å². The molecule has 2 rings (SSSR count). The third-order valence-corrected chi connectivity index (χ3v) is 4.86. The number of thiophene rings is 1. The van der Waals surface area contributed by atoms with E-state index in [9.17, 15) is 0 Å². The van der Waals surface area contributed by atoms with Crippen molar-refractivity contribution in [3.05, 3.63) is 57.8 Å². The molecule has 0 radical (unpaired) electrons. The molecule has 0 bridgehead atoms. The first-order valence-electron chi connectivity index (χ1n) is 9.08. The Bertz CT molecular complexity index is 622. The van der Waals surface area contributed by atoms with E-state index in [1.807, 2.05) is 0 Å². The third-order valence-electron chi connectivity index (χ3n) is 4.13. The Morgan fingerprint density at radius 2 is 1.65 bits per heavy atom. The largest absolute Gasteiger partial charge is 0.357 e. The van der Waals surface area contributed by atoms with Crippen LogP contribution in [0.2, 0.25) is 0 Å². The molecular weight excluding hydrogens is 455 g/mol. The molecule has 1 aromatic carbocycles. The quantitative estimate of drug-likeness (QED) is 0.312. The highest BCUT2D eigenvalue weighted by Gasteiger charge is 2.02. The average molecular weight is 486 g/mol. The first-order valence-corrected chi connectivity index (χ1v) is 10.0. The van der Waals surface area contributed by atoms with Gasteiger partial charge in [-0.25, -0.2) is 4.99 Å². The van der Waals surface area contributed by atoms with Crippen LogP contribution in [0.15, 0.2) is 46.1 Å². The van der Waals surface area contributed by atoms with Crippen LogP contribution in [0.5, 0.6) is 0 Å². The fourth-order valence-electron chi connectivity index (χ4n) is 2.55. The van der Waals surface area contributed by atoms with Crippen LogP contribution < -0.4 is 10.6 Å². The lowest BCUT2D eigenvalue weighted by molar-refractivity contribution is 0.296. The van der Waals surface area contributed by atoms with Crippen LogP contribution in [0, 0.1) is 0 Å². The standard InChI is InChI=1S/C20H30N4S.HI/c1-4-21-20(23-14-19-11-12-25-16-19)22-13-17-7-9-18(10-8-17)15-24(5-2)6-3;/h7-12,16H,4-6,13-15H2,1-3H3,(H2,21,22,23);1H. The van der Waals surface area contributed by atoms with Gasteiger partial charge in [0.1, 0.15) is 0 Å². The first-order chi connectivity index (χ1) is 12.2. The molecule has 0 spiro atoms. The summed E-state index contributed by atoms with van der Waals surface area (Å²) in [6.45, 7) is 12.0. The van der Waals surface area contributed by atoms with E-state index in [-0.39, 0.29) is 24.0 Å². The SMILES string of the molecule is CCNC(=NCc1ccsc1)NCc1ccc(CN(CC)CC)cc1.I. The second-order valence-corrected chi connectivity index (χ2v) is 6.74.